The van der Waals surface area contributed by atoms with Crippen LogP contribution in [0.15, 0.2) is 5.38 Å². The number of carboxylic acids is 1. The van der Waals surface area contributed by atoms with Crippen molar-refractivity contribution in [3.8, 4) is 0 Å². The van der Waals surface area contributed by atoms with Crippen LogP contribution in [0.3, 0.4) is 0 Å². The van der Waals surface area contributed by atoms with E-state index in [0.29, 0.717) is 12.8 Å². The Hall–Kier alpha value is -1.63. The lowest BCUT2D eigenvalue weighted by molar-refractivity contribution is -0.149. The van der Waals surface area contributed by atoms with Gasteiger partial charge in [-0.05, 0) is 26.7 Å². The third-order valence-corrected chi connectivity index (χ3v) is 4.89. The number of carboxylic acid groups (broad SMARTS) is 1. The number of hydrogen-bond donors (Lipinski definition) is 3. The number of hydrogen-bond acceptors (Lipinski definition) is 4. The van der Waals surface area contributed by atoms with Crippen LogP contribution in [0.1, 0.15) is 50.4 Å². The summed E-state index contributed by atoms with van der Waals surface area (Å²) in [5.41, 5.74) is 0.0177. The molecular weight excluding hydrogens is 290 g/mol. The number of aromatic nitrogens is 1. The van der Waals surface area contributed by atoms with Gasteiger partial charge in [0.05, 0.1) is 11.5 Å². The van der Waals surface area contributed by atoms with Crippen LogP contribution in [0.4, 0.5) is 4.79 Å². The Balaban J connectivity index is 2.55. The Morgan fingerprint density at radius 3 is 2.48 bits per heavy atom. The number of aliphatic carboxylic acids is 1. The monoisotopic (exact) mass is 313 g/mol. The summed E-state index contributed by atoms with van der Waals surface area (Å²) >= 11 is 1.49. The number of amides is 2. The lowest BCUT2D eigenvalue weighted by Crippen LogP contribution is -2.46. The van der Waals surface area contributed by atoms with E-state index in [9.17, 15) is 14.7 Å². The van der Waals surface area contributed by atoms with Gasteiger partial charge in [-0.3, -0.25) is 4.79 Å². The maximum atomic E-state index is 11.9. The molecule has 0 aromatic carbocycles. The van der Waals surface area contributed by atoms with Crippen molar-refractivity contribution >= 4 is 23.3 Å². The van der Waals surface area contributed by atoms with Gasteiger partial charge in [0.25, 0.3) is 0 Å². The quantitative estimate of drug-likeness (QED) is 0.722. The minimum Gasteiger partial charge on any atom is -0.481 e. The number of thiazole rings is 1. The molecule has 1 aromatic heterocycles. The average molecular weight is 313 g/mol. The van der Waals surface area contributed by atoms with E-state index in [4.69, 9.17) is 0 Å². The zero-order chi connectivity index (χ0) is 16.0. The molecule has 0 bridgehead atoms. The molecule has 1 heterocycles. The van der Waals surface area contributed by atoms with E-state index < -0.39 is 11.4 Å². The smallest absolute Gasteiger partial charge is 0.315 e. The van der Waals surface area contributed by atoms with Crippen molar-refractivity contribution in [1.82, 2.24) is 15.6 Å². The third-order valence-electron chi connectivity index (χ3n) is 3.75. The highest BCUT2D eigenvalue weighted by Crippen LogP contribution is 2.25. The van der Waals surface area contributed by atoms with Crippen molar-refractivity contribution < 1.29 is 14.7 Å². The highest BCUT2D eigenvalue weighted by Gasteiger charge is 2.35. The van der Waals surface area contributed by atoms with Crippen LogP contribution in [0.5, 0.6) is 0 Å². The first-order valence-electron chi connectivity index (χ1n) is 7.04. The Bertz CT molecular complexity index is 497. The van der Waals surface area contributed by atoms with Crippen LogP contribution in [0.2, 0.25) is 0 Å². The fourth-order valence-electron chi connectivity index (χ4n) is 2.01. The van der Waals surface area contributed by atoms with Gasteiger partial charge in [-0.1, -0.05) is 13.8 Å². The van der Waals surface area contributed by atoms with E-state index in [1.165, 1.54) is 11.3 Å². The molecule has 0 radical (unpaired) electrons. The Morgan fingerprint density at radius 1 is 1.43 bits per heavy atom. The summed E-state index contributed by atoms with van der Waals surface area (Å²) in [5, 5.41) is 17.5. The largest absolute Gasteiger partial charge is 0.481 e. The molecule has 1 aromatic rings. The van der Waals surface area contributed by atoms with Crippen molar-refractivity contribution in [2.75, 3.05) is 6.54 Å². The van der Waals surface area contributed by atoms with Crippen LogP contribution in [0.25, 0.3) is 0 Å². The molecule has 118 valence electrons. The molecule has 1 rings (SSSR count). The zero-order valence-corrected chi connectivity index (χ0v) is 13.7. The maximum absolute atomic E-state index is 11.9. The van der Waals surface area contributed by atoms with E-state index in [1.54, 1.807) is 0 Å². The third kappa shape index (κ3) is 4.42. The minimum atomic E-state index is -0.904. The van der Waals surface area contributed by atoms with Gasteiger partial charge in [-0.25, -0.2) is 9.78 Å². The molecule has 0 aliphatic rings. The number of urea groups is 1. The molecule has 21 heavy (non-hydrogen) atoms. The van der Waals surface area contributed by atoms with Crippen molar-refractivity contribution in [3.05, 3.63) is 16.1 Å². The Labute approximate surface area is 129 Å². The highest BCUT2D eigenvalue weighted by molar-refractivity contribution is 7.09. The molecule has 3 N–H and O–H groups in total. The molecular formula is C14H23N3O3S. The molecule has 6 nitrogen and oxygen atoms in total. The SMILES string of the molecule is CCC(CC)(CNC(=O)NC(C)c1nc(C)cs1)C(=O)O. The molecule has 2 amide bonds. The van der Waals surface area contributed by atoms with E-state index >= 15 is 0 Å². The van der Waals surface area contributed by atoms with Crippen LogP contribution < -0.4 is 10.6 Å². The summed E-state index contributed by atoms with van der Waals surface area (Å²) in [5.74, 6) is -0.878. The van der Waals surface area contributed by atoms with Gasteiger partial charge in [0.1, 0.15) is 5.01 Å². The second-order valence-electron chi connectivity index (χ2n) is 5.17. The molecule has 0 fully saturated rings. The van der Waals surface area contributed by atoms with Gasteiger partial charge in [0.15, 0.2) is 0 Å². The predicted octanol–water partition coefficient (Wildman–Crippen LogP) is 2.70. The first kappa shape index (κ1) is 17.4. The first-order valence-corrected chi connectivity index (χ1v) is 7.92. The Morgan fingerprint density at radius 2 is 2.05 bits per heavy atom. The topological polar surface area (TPSA) is 91.3 Å². The predicted molar refractivity (Wildman–Crippen MR) is 82.5 cm³/mol. The van der Waals surface area contributed by atoms with Gasteiger partial charge >= 0.3 is 12.0 Å². The summed E-state index contributed by atoms with van der Waals surface area (Å²) in [6, 6.07) is -0.575. The number of aryl methyl sites for hydroxylation is 1. The van der Waals surface area contributed by atoms with Crippen molar-refractivity contribution in [3.63, 3.8) is 0 Å². The number of carbonyl (C=O) groups is 2. The summed E-state index contributed by atoms with van der Waals surface area (Å²) in [4.78, 5) is 27.6. The normalized spacial score (nSPS) is 12.8. The zero-order valence-electron chi connectivity index (χ0n) is 12.9. The summed E-state index contributed by atoms with van der Waals surface area (Å²) in [7, 11) is 0. The summed E-state index contributed by atoms with van der Waals surface area (Å²) < 4.78 is 0. The van der Waals surface area contributed by atoms with Gasteiger partial charge < -0.3 is 15.7 Å². The second-order valence-corrected chi connectivity index (χ2v) is 6.06. The molecule has 0 saturated heterocycles. The number of nitrogens with one attached hydrogen (secondary N) is 2. The Kier molecular flexibility index (Phi) is 6.14. The standard InChI is InChI=1S/C14H23N3O3S/c1-5-14(6-2,12(18)19)8-15-13(20)17-10(4)11-16-9(3)7-21-11/h7,10H,5-6,8H2,1-4H3,(H,18,19)(H2,15,17,20). The summed E-state index contributed by atoms with van der Waals surface area (Å²) in [6.07, 6.45) is 0.945. The van der Waals surface area contributed by atoms with Crippen molar-refractivity contribution in [2.45, 2.75) is 46.6 Å². The van der Waals surface area contributed by atoms with Gasteiger partial charge in [-0.15, -0.1) is 11.3 Å². The van der Waals surface area contributed by atoms with Crippen LogP contribution in [-0.2, 0) is 4.79 Å². The molecule has 1 unspecified atom stereocenters. The van der Waals surface area contributed by atoms with E-state index in [1.807, 2.05) is 33.1 Å². The van der Waals surface area contributed by atoms with Crippen molar-refractivity contribution in [1.29, 1.82) is 0 Å². The summed E-state index contributed by atoms with van der Waals surface area (Å²) in [6.45, 7) is 7.50. The van der Waals surface area contributed by atoms with Gasteiger partial charge in [0.2, 0.25) is 0 Å². The maximum Gasteiger partial charge on any atom is 0.315 e. The number of nitrogens with zero attached hydrogens (tertiary/aromatic N) is 1. The van der Waals surface area contributed by atoms with Crippen LogP contribution >= 0.6 is 11.3 Å². The van der Waals surface area contributed by atoms with Crippen LogP contribution in [0, 0.1) is 12.3 Å². The second kappa shape index (κ2) is 7.40. The average Bonchev–Trinajstić information content (AvgIpc) is 2.87. The number of rotatable bonds is 7. The van der Waals surface area contributed by atoms with Gasteiger partial charge in [0, 0.05) is 17.6 Å². The fourth-order valence-corrected chi connectivity index (χ4v) is 2.81. The van der Waals surface area contributed by atoms with E-state index in [2.05, 4.69) is 15.6 Å². The van der Waals surface area contributed by atoms with Crippen molar-refractivity contribution in [2.24, 2.45) is 5.41 Å². The first-order chi connectivity index (χ1) is 9.84. The fraction of sp³-hybridized carbons (Fsp3) is 0.643. The lowest BCUT2D eigenvalue weighted by Gasteiger charge is -2.27. The highest BCUT2D eigenvalue weighted by atomic mass is 32.1. The molecule has 0 aliphatic heterocycles. The minimum absolute atomic E-state index is 0.116. The number of carbonyl (C=O) groups excluding carboxylic acids is 1. The molecule has 0 spiro atoms. The molecule has 0 aliphatic carbocycles. The lowest BCUT2D eigenvalue weighted by atomic mass is 9.82. The molecule has 7 heteroatoms. The van der Waals surface area contributed by atoms with E-state index in [0.717, 1.165) is 10.7 Å². The molecule has 1 atom stereocenters. The van der Waals surface area contributed by atoms with E-state index in [-0.39, 0.29) is 18.6 Å². The van der Waals surface area contributed by atoms with Gasteiger partial charge in [-0.2, -0.15) is 0 Å². The molecule has 0 saturated carbocycles. The van der Waals surface area contributed by atoms with Crippen LogP contribution in [-0.4, -0.2) is 28.6 Å².